The molecule has 0 bridgehead atoms. The first kappa shape index (κ1) is 12.3. The maximum absolute atomic E-state index is 4.51. The number of aryl methyl sites for hydroxylation is 1. The van der Waals surface area contributed by atoms with Crippen molar-refractivity contribution in [1.82, 2.24) is 4.98 Å². The third kappa shape index (κ3) is 3.17. The number of rotatable bonds is 3. The Bertz CT molecular complexity index is 364. The number of halogens is 1. The standard InChI is InChI=1S/C13H18BrNS/c1-10-9-16-13(15-10)7-12(8-14)11-5-3-2-4-6-11/h7,9,11H,2-6,8H2,1H3/b12-7-. The summed E-state index contributed by atoms with van der Waals surface area (Å²) in [5, 5.41) is 4.28. The molecule has 2 rings (SSSR count). The summed E-state index contributed by atoms with van der Waals surface area (Å²) < 4.78 is 0. The van der Waals surface area contributed by atoms with Crippen LogP contribution in [0.5, 0.6) is 0 Å². The van der Waals surface area contributed by atoms with E-state index in [4.69, 9.17) is 0 Å². The Labute approximate surface area is 110 Å². The number of allylic oxidation sites excluding steroid dienone is 1. The number of hydrogen-bond donors (Lipinski definition) is 0. The number of alkyl halides is 1. The van der Waals surface area contributed by atoms with Gasteiger partial charge in [0, 0.05) is 16.4 Å². The van der Waals surface area contributed by atoms with Crippen molar-refractivity contribution in [3.05, 3.63) is 21.7 Å². The summed E-state index contributed by atoms with van der Waals surface area (Å²) in [4.78, 5) is 4.51. The molecule has 3 heteroatoms. The Hall–Kier alpha value is -0.150. The van der Waals surface area contributed by atoms with Crippen LogP contribution in [0.25, 0.3) is 6.08 Å². The van der Waals surface area contributed by atoms with E-state index in [1.807, 2.05) is 0 Å². The Morgan fingerprint density at radius 2 is 2.25 bits per heavy atom. The van der Waals surface area contributed by atoms with Crippen molar-refractivity contribution in [3.63, 3.8) is 0 Å². The van der Waals surface area contributed by atoms with Gasteiger partial charge in [-0.3, -0.25) is 0 Å². The monoisotopic (exact) mass is 299 g/mol. The van der Waals surface area contributed by atoms with E-state index >= 15 is 0 Å². The van der Waals surface area contributed by atoms with E-state index < -0.39 is 0 Å². The molecule has 0 saturated heterocycles. The average molecular weight is 300 g/mol. The lowest BCUT2D eigenvalue weighted by atomic mass is 9.84. The molecule has 1 aromatic heterocycles. The molecule has 0 unspecified atom stereocenters. The molecule has 0 amide bonds. The van der Waals surface area contributed by atoms with Gasteiger partial charge in [0.1, 0.15) is 5.01 Å². The number of aromatic nitrogens is 1. The molecular formula is C13H18BrNS. The zero-order valence-corrected chi connectivity index (χ0v) is 12.1. The van der Waals surface area contributed by atoms with Gasteiger partial charge in [-0.1, -0.05) is 40.8 Å². The minimum absolute atomic E-state index is 0.789. The van der Waals surface area contributed by atoms with Crippen molar-refractivity contribution in [3.8, 4) is 0 Å². The average Bonchev–Trinajstić information content (AvgIpc) is 2.73. The molecule has 88 valence electrons. The van der Waals surface area contributed by atoms with E-state index in [9.17, 15) is 0 Å². The van der Waals surface area contributed by atoms with E-state index in [1.165, 1.54) is 37.7 Å². The second-order valence-corrected chi connectivity index (χ2v) is 5.97. The van der Waals surface area contributed by atoms with Crippen molar-refractivity contribution in [2.24, 2.45) is 5.92 Å². The van der Waals surface area contributed by atoms with Gasteiger partial charge in [0.05, 0.1) is 0 Å². The van der Waals surface area contributed by atoms with Crippen LogP contribution < -0.4 is 0 Å². The fourth-order valence-electron chi connectivity index (χ4n) is 2.34. The minimum atomic E-state index is 0.789. The Morgan fingerprint density at radius 3 is 2.81 bits per heavy atom. The number of thiazole rings is 1. The highest BCUT2D eigenvalue weighted by Crippen LogP contribution is 2.32. The van der Waals surface area contributed by atoms with Crippen LogP contribution in [-0.4, -0.2) is 10.3 Å². The Balaban J connectivity index is 2.11. The fourth-order valence-corrected chi connectivity index (χ4v) is 3.72. The first-order valence-corrected chi connectivity index (χ1v) is 7.98. The van der Waals surface area contributed by atoms with Gasteiger partial charge in [-0.25, -0.2) is 4.98 Å². The van der Waals surface area contributed by atoms with E-state index in [0.717, 1.165) is 21.9 Å². The van der Waals surface area contributed by atoms with Crippen molar-refractivity contribution < 1.29 is 0 Å². The molecule has 0 radical (unpaired) electrons. The number of hydrogen-bond acceptors (Lipinski definition) is 2. The van der Waals surface area contributed by atoms with E-state index in [1.54, 1.807) is 11.3 Å². The summed E-state index contributed by atoms with van der Waals surface area (Å²) in [5.41, 5.74) is 2.67. The molecule has 0 spiro atoms. The van der Waals surface area contributed by atoms with Gasteiger partial charge in [0.15, 0.2) is 0 Å². The molecule has 0 aliphatic heterocycles. The van der Waals surface area contributed by atoms with Crippen LogP contribution in [-0.2, 0) is 0 Å². The summed E-state index contributed by atoms with van der Waals surface area (Å²) in [6, 6.07) is 0. The minimum Gasteiger partial charge on any atom is -0.242 e. The van der Waals surface area contributed by atoms with Gasteiger partial charge in [-0.05, 0) is 31.8 Å². The normalized spacial score (nSPS) is 19.0. The molecule has 1 aliphatic rings. The lowest BCUT2D eigenvalue weighted by Crippen LogP contribution is -2.10. The highest BCUT2D eigenvalue weighted by molar-refractivity contribution is 9.09. The molecule has 1 aliphatic carbocycles. The van der Waals surface area contributed by atoms with Crippen LogP contribution in [0.4, 0.5) is 0 Å². The molecule has 1 fully saturated rings. The zero-order valence-electron chi connectivity index (χ0n) is 9.71. The molecule has 0 N–H and O–H groups in total. The van der Waals surface area contributed by atoms with Crippen LogP contribution in [0.3, 0.4) is 0 Å². The predicted octanol–water partition coefficient (Wildman–Crippen LogP) is 4.81. The van der Waals surface area contributed by atoms with Crippen molar-refractivity contribution >= 4 is 33.3 Å². The van der Waals surface area contributed by atoms with Crippen LogP contribution in [0, 0.1) is 12.8 Å². The quantitative estimate of drug-likeness (QED) is 0.730. The van der Waals surface area contributed by atoms with E-state index in [-0.39, 0.29) is 0 Å². The van der Waals surface area contributed by atoms with E-state index in [2.05, 4.69) is 39.3 Å². The van der Waals surface area contributed by atoms with Gasteiger partial charge >= 0.3 is 0 Å². The second kappa shape index (κ2) is 5.97. The van der Waals surface area contributed by atoms with Crippen molar-refractivity contribution in [2.45, 2.75) is 39.0 Å². The van der Waals surface area contributed by atoms with E-state index in [0.29, 0.717) is 0 Å². The first-order valence-electron chi connectivity index (χ1n) is 5.98. The third-order valence-corrected chi connectivity index (χ3v) is 4.79. The van der Waals surface area contributed by atoms with Gasteiger partial charge < -0.3 is 0 Å². The molecule has 0 aromatic carbocycles. The largest absolute Gasteiger partial charge is 0.242 e. The molecule has 16 heavy (non-hydrogen) atoms. The number of nitrogens with zero attached hydrogens (tertiary/aromatic N) is 1. The van der Waals surface area contributed by atoms with Crippen LogP contribution in [0.15, 0.2) is 11.0 Å². The topological polar surface area (TPSA) is 12.9 Å². The Morgan fingerprint density at radius 1 is 1.50 bits per heavy atom. The molecule has 1 nitrogen and oxygen atoms in total. The lowest BCUT2D eigenvalue weighted by Gasteiger charge is -2.23. The van der Waals surface area contributed by atoms with Crippen LogP contribution >= 0.6 is 27.3 Å². The predicted molar refractivity (Wildman–Crippen MR) is 75.2 cm³/mol. The summed E-state index contributed by atoms with van der Waals surface area (Å²) in [6.07, 6.45) is 9.23. The Kier molecular flexibility index (Phi) is 4.59. The second-order valence-electron chi connectivity index (χ2n) is 4.51. The highest BCUT2D eigenvalue weighted by atomic mass is 79.9. The molecule has 1 saturated carbocycles. The lowest BCUT2D eigenvalue weighted by molar-refractivity contribution is 0.405. The SMILES string of the molecule is Cc1csc(/C=C(/CBr)C2CCCCC2)n1. The van der Waals surface area contributed by atoms with Gasteiger partial charge in [0.2, 0.25) is 0 Å². The molecule has 1 heterocycles. The maximum Gasteiger partial charge on any atom is 0.116 e. The maximum atomic E-state index is 4.51. The summed E-state index contributed by atoms with van der Waals surface area (Å²) >= 11 is 5.37. The van der Waals surface area contributed by atoms with Crippen LogP contribution in [0.1, 0.15) is 42.8 Å². The summed E-state index contributed by atoms with van der Waals surface area (Å²) in [5.74, 6) is 0.789. The molecule has 0 atom stereocenters. The van der Waals surface area contributed by atoms with Gasteiger partial charge in [-0.2, -0.15) is 0 Å². The summed E-state index contributed by atoms with van der Waals surface area (Å²) in [6.45, 7) is 2.06. The smallest absolute Gasteiger partial charge is 0.116 e. The molecule has 1 aromatic rings. The van der Waals surface area contributed by atoms with Gasteiger partial charge in [-0.15, -0.1) is 11.3 Å². The van der Waals surface area contributed by atoms with Gasteiger partial charge in [0.25, 0.3) is 0 Å². The van der Waals surface area contributed by atoms with Crippen molar-refractivity contribution in [1.29, 1.82) is 0 Å². The van der Waals surface area contributed by atoms with Crippen LogP contribution in [0.2, 0.25) is 0 Å². The third-order valence-electron chi connectivity index (χ3n) is 3.23. The zero-order chi connectivity index (χ0) is 11.4. The molecular weight excluding hydrogens is 282 g/mol. The van der Waals surface area contributed by atoms with Crippen molar-refractivity contribution in [2.75, 3.05) is 5.33 Å². The summed E-state index contributed by atoms with van der Waals surface area (Å²) in [7, 11) is 0. The first-order chi connectivity index (χ1) is 7.79. The fraction of sp³-hybridized carbons (Fsp3) is 0.615. The highest BCUT2D eigenvalue weighted by Gasteiger charge is 2.17.